The highest BCUT2D eigenvalue weighted by molar-refractivity contribution is 5.95. The van der Waals surface area contributed by atoms with E-state index in [0.717, 1.165) is 50.1 Å². The van der Waals surface area contributed by atoms with Crippen LogP contribution in [0.4, 0.5) is 5.69 Å². The van der Waals surface area contributed by atoms with E-state index in [9.17, 15) is 9.59 Å². The third kappa shape index (κ3) is 3.82. The maximum absolute atomic E-state index is 12.4. The van der Waals surface area contributed by atoms with E-state index in [1.807, 2.05) is 18.2 Å². The maximum atomic E-state index is 12.4. The Hall–Kier alpha value is -2.08. The first-order chi connectivity index (χ1) is 11.2. The number of fused-ring (bicyclic) bond motifs is 1. The number of amides is 2. The number of piperidine rings is 1. The van der Waals surface area contributed by atoms with Gasteiger partial charge in [-0.3, -0.25) is 14.5 Å². The molecule has 1 aromatic rings. The molecule has 6 heteroatoms. The van der Waals surface area contributed by atoms with Crippen molar-refractivity contribution >= 4 is 17.5 Å². The molecule has 3 rings (SSSR count). The number of carbonyl (C=O) groups excluding carboxylic acids is 2. The average molecular weight is 316 g/mol. The van der Waals surface area contributed by atoms with Gasteiger partial charge in [0.15, 0.2) is 0 Å². The van der Waals surface area contributed by atoms with Crippen molar-refractivity contribution in [2.45, 2.75) is 25.3 Å². The predicted molar refractivity (Wildman–Crippen MR) is 89.6 cm³/mol. The van der Waals surface area contributed by atoms with Gasteiger partial charge in [0.1, 0.15) is 0 Å². The normalized spacial score (nSPS) is 18.1. The first-order valence-corrected chi connectivity index (χ1v) is 8.26. The number of benzene rings is 1. The molecule has 1 fully saturated rings. The van der Waals surface area contributed by atoms with Crippen LogP contribution in [-0.4, -0.2) is 56.0 Å². The number of carbonyl (C=O) groups is 2. The second-order valence-corrected chi connectivity index (χ2v) is 6.25. The Balaban J connectivity index is 1.50. The lowest BCUT2D eigenvalue weighted by Crippen LogP contribution is -2.47. The van der Waals surface area contributed by atoms with Crippen LogP contribution in [0.15, 0.2) is 18.2 Å². The van der Waals surface area contributed by atoms with Crippen LogP contribution in [0, 0.1) is 0 Å². The summed E-state index contributed by atoms with van der Waals surface area (Å²) in [7, 11) is 1.65. The van der Waals surface area contributed by atoms with Crippen LogP contribution in [-0.2, 0) is 11.2 Å². The molecular weight excluding hydrogens is 292 g/mol. The number of rotatable bonds is 4. The number of anilines is 1. The molecule has 0 saturated carbocycles. The molecule has 0 atom stereocenters. The van der Waals surface area contributed by atoms with Gasteiger partial charge < -0.3 is 16.0 Å². The van der Waals surface area contributed by atoms with Gasteiger partial charge in [-0.15, -0.1) is 0 Å². The standard InChI is InChI=1S/C17H24N4O2/c1-18-16(22)11-21-8-5-14(6-9-21)20-17(23)13-2-3-15-12(10-13)4-7-19-15/h2-3,10,14,19H,4-9,11H2,1H3,(H,18,22)(H,20,23). The Morgan fingerprint density at radius 3 is 2.83 bits per heavy atom. The van der Waals surface area contributed by atoms with Crippen LogP contribution >= 0.6 is 0 Å². The van der Waals surface area contributed by atoms with Gasteiger partial charge in [0.05, 0.1) is 6.54 Å². The molecule has 2 aliphatic heterocycles. The molecule has 0 aliphatic carbocycles. The molecule has 0 bridgehead atoms. The van der Waals surface area contributed by atoms with Gasteiger partial charge >= 0.3 is 0 Å². The zero-order valence-corrected chi connectivity index (χ0v) is 13.5. The fraction of sp³-hybridized carbons (Fsp3) is 0.529. The molecule has 0 aromatic heterocycles. The smallest absolute Gasteiger partial charge is 0.251 e. The molecule has 0 unspecified atom stereocenters. The van der Waals surface area contributed by atoms with Crippen molar-refractivity contribution < 1.29 is 9.59 Å². The number of hydrogen-bond acceptors (Lipinski definition) is 4. The lowest BCUT2D eigenvalue weighted by Gasteiger charge is -2.31. The maximum Gasteiger partial charge on any atom is 0.251 e. The summed E-state index contributed by atoms with van der Waals surface area (Å²) in [4.78, 5) is 25.9. The van der Waals surface area contributed by atoms with E-state index >= 15 is 0 Å². The van der Waals surface area contributed by atoms with E-state index in [-0.39, 0.29) is 17.9 Å². The minimum Gasteiger partial charge on any atom is -0.384 e. The second-order valence-electron chi connectivity index (χ2n) is 6.25. The highest BCUT2D eigenvalue weighted by Gasteiger charge is 2.22. The summed E-state index contributed by atoms with van der Waals surface area (Å²) < 4.78 is 0. The van der Waals surface area contributed by atoms with Gasteiger partial charge in [-0.05, 0) is 43.0 Å². The minimum atomic E-state index is 0.00412. The van der Waals surface area contributed by atoms with Crippen LogP contribution in [0.1, 0.15) is 28.8 Å². The summed E-state index contributed by atoms with van der Waals surface area (Å²) in [5, 5.41) is 9.07. The highest BCUT2D eigenvalue weighted by atomic mass is 16.2. The third-order valence-electron chi connectivity index (χ3n) is 4.65. The Labute approximate surface area is 136 Å². The van der Waals surface area contributed by atoms with Gasteiger partial charge in [0.2, 0.25) is 5.91 Å². The first kappa shape index (κ1) is 15.8. The number of likely N-dealkylation sites (N-methyl/N-ethyl adjacent to an activating group) is 1. The molecule has 1 aromatic carbocycles. The Morgan fingerprint density at radius 2 is 2.09 bits per heavy atom. The second kappa shape index (κ2) is 7.00. The highest BCUT2D eigenvalue weighted by Crippen LogP contribution is 2.23. The van der Waals surface area contributed by atoms with E-state index in [1.165, 1.54) is 5.56 Å². The summed E-state index contributed by atoms with van der Waals surface area (Å²) in [5.41, 5.74) is 3.10. The molecule has 23 heavy (non-hydrogen) atoms. The molecule has 1 saturated heterocycles. The van der Waals surface area contributed by atoms with Crippen molar-refractivity contribution in [2.24, 2.45) is 0 Å². The van der Waals surface area contributed by atoms with Gasteiger partial charge in [-0.1, -0.05) is 0 Å². The molecular formula is C17H24N4O2. The number of likely N-dealkylation sites (tertiary alicyclic amines) is 1. The zero-order chi connectivity index (χ0) is 16.2. The topological polar surface area (TPSA) is 73.5 Å². The first-order valence-electron chi connectivity index (χ1n) is 8.26. The van der Waals surface area contributed by atoms with Crippen molar-refractivity contribution in [3.8, 4) is 0 Å². The summed E-state index contributed by atoms with van der Waals surface area (Å²) >= 11 is 0. The molecule has 0 radical (unpaired) electrons. The zero-order valence-electron chi connectivity index (χ0n) is 13.5. The van der Waals surface area contributed by atoms with Gasteiger partial charge in [0.25, 0.3) is 5.91 Å². The summed E-state index contributed by atoms with van der Waals surface area (Å²) in [6, 6.07) is 6.05. The quantitative estimate of drug-likeness (QED) is 0.760. The van der Waals surface area contributed by atoms with Crippen LogP contribution in [0.5, 0.6) is 0 Å². The van der Waals surface area contributed by atoms with Gasteiger partial charge in [0, 0.05) is 44.0 Å². The minimum absolute atomic E-state index is 0.00412. The Kier molecular flexibility index (Phi) is 4.81. The van der Waals surface area contributed by atoms with Crippen LogP contribution in [0.25, 0.3) is 0 Å². The van der Waals surface area contributed by atoms with E-state index in [1.54, 1.807) is 7.05 Å². The Bertz CT molecular complexity index is 594. The Morgan fingerprint density at radius 1 is 1.30 bits per heavy atom. The van der Waals surface area contributed by atoms with Crippen molar-refractivity contribution in [1.82, 2.24) is 15.5 Å². The predicted octanol–water partition coefficient (Wildman–Crippen LogP) is 0.595. The monoisotopic (exact) mass is 316 g/mol. The molecule has 124 valence electrons. The molecule has 2 amide bonds. The van der Waals surface area contributed by atoms with Crippen LogP contribution < -0.4 is 16.0 Å². The van der Waals surface area contributed by atoms with Crippen molar-refractivity contribution in [3.63, 3.8) is 0 Å². The molecule has 6 nitrogen and oxygen atoms in total. The molecule has 2 heterocycles. The van der Waals surface area contributed by atoms with E-state index in [2.05, 4.69) is 20.9 Å². The lowest BCUT2D eigenvalue weighted by molar-refractivity contribution is -0.122. The van der Waals surface area contributed by atoms with E-state index in [0.29, 0.717) is 6.54 Å². The van der Waals surface area contributed by atoms with Crippen molar-refractivity contribution in [1.29, 1.82) is 0 Å². The number of hydrogen-bond donors (Lipinski definition) is 3. The van der Waals surface area contributed by atoms with Crippen molar-refractivity contribution in [3.05, 3.63) is 29.3 Å². The van der Waals surface area contributed by atoms with Crippen LogP contribution in [0.2, 0.25) is 0 Å². The SMILES string of the molecule is CNC(=O)CN1CCC(NC(=O)c2ccc3c(c2)CCN3)CC1. The molecule has 3 N–H and O–H groups in total. The van der Waals surface area contributed by atoms with E-state index < -0.39 is 0 Å². The summed E-state index contributed by atoms with van der Waals surface area (Å²) in [6.07, 6.45) is 2.75. The lowest BCUT2D eigenvalue weighted by atomic mass is 10.0. The fourth-order valence-electron chi connectivity index (χ4n) is 3.23. The molecule has 2 aliphatic rings. The summed E-state index contributed by atoms with van der Waals surface area (Å²) in [6.45, 7) is 3.07. The number of nitrogens with one attached hydrogen (secondary N) is 3. The molecule has 0 spiro atoms. The third-order valence-corrected chi connectivity index (χ3v) is 4.65. The average Bonchev–Trinajstić information content (AvgIpc) is 3.04. The summed E-state index contributed by atoms with van der Waals surface area (Å²) in [5.74, 6) is 0.0451. The van der Waals surface area contributed by atoms with Gasteiger partial charge in [-0.25, -0.2) is 0 Å². The van der Waals surface area contributed by atoms with Crippen molar-refractivity contribution in [2.75, 3.05) is 38.5 Å². The number of nitrogens with zero attached hydrogens (tertiary/aromatic N) is 1. The largest absolute Gasteiger partial charge is 0.384 e. The van der Waals surface area contributed by atoms with E-state index in [4.69, 9.17) is 0 Å². The van der Waals surface area contributed by atoms with Gasteiger partial charge in [-0.2, -0.15) is 0 Å². The fourth-order valence-corrected chi connectivity index (χ4v) is 3.23. The van der Waals surface area contributed by atoms with Crippen LogP contribution in [0.3, 0.4) is 0 Å².